The molecule has 4 rings (SSSR count). The second kappa shape index (κ2) is 5.03. The van der Waals surface area contributed by atoms with Gasteiger partial charge in [0.2, 0.25) is 0 Å². The van der Waals surface area contributed by atoms with Crippen LogP contribution < -0.4 is 4.90 Å². The quantitative estimate of drug-likeness (QED) is 0.628. The molecule has 2 aromatic rings. The molecule has 5 nitrogen and oxygen atoms in total. The van der Waals surface area contributed by atoms with Gasteiger partial charge in [0.05, 0.1) is 6.54 Å². The number of anilines is 1. The molecular weight excluding hydrogens is 304 g/mol. The Balaban J connectivity index is 1.80. The molecule has 2 aliphatic rings. The van der Waals surface area contributed by atoms with Crippen molar-refractivity contribution in [2.45, 2.75) is 12.3 Å². The maximum atomic E-state index is 12.9. The second-order valence-electron chi connectivity index (χ2n) is 6.03. The summed E-state index contributed by atoms with van der Waals surface area (Å²) in [6.45, 7) is 2.21. The van der Waals surface area contributed by atoms with Crippen LogP contribution in [0.2, 0.25) is 0 Å². The Kier molecular flexibility index (Phi) is 3.06. The van der Waals surface area contributed by atoms with Gasteiger partial charge in [-0.2, -0.15) is 0 Å². The van der Waals surface area contributed by atoms with Gasteiger partial charge >= 0.3 is 0 Å². The summed E-state index contributed by atoms with van der Waals surface area (Å²) in [4.78, 5) is 41.0. The van der Waals surface area contributed by atoms with E-state index in [1.165, 1.54) is 4.90 Å². The molecule has 0 aliphatic carbocycles. The van der Waals surface area contributed by atoms with Crippen LogP contribution in [0.25, 0.3) is 0 Å². The number of carbonyl (C=O) groups is 3. The average Bonchev–Trinajstić information content (AvgIpc) is 3.00. The second-order valence-corrected chi connectivity index (χ2v) is 6.03. The van der Waals surface area contributed by atoms with E-state index in [0.29, 0.717) is 23.4 Å². The van der Waals surface area contributed by atoms with Crippen molar-refractivity contribution in [3.63, 3.8) is 0 Å². The van der Waals surface area contributed by atoms with E-state index in [4.69, 9.17) is 0 Å². The molecule has 5 heteroatoms. The molecule has 2 heterocycles. The lowest BCUT2D eigenvalue weighted by molar-refractivity contribution is -0.167. The van der Waals surface area contributed by atoms with E-state index in [9.17, 15) is 14.4 Å². The zero-order valence-electron chi connectivity index (χ0n) is 13.2. The summed E-state index contributed by atoms with van der Waals surface area (Å²) in [5.74, 6) is -0.632. The van der Waals surface area contributed by atoms with Crippen LogP contribution in [0, 0.1) is 0 Å². The number of hydrogen-bond donors (Lipinski definition) is 0. The number of rotatable bonds is 2. The summed E-state index contributed by atoms with van der Waals surface area (Å²) in [6, 6.07) is 16.1. The monoisotopic (exact) mass is 320 g/mol. The average molecular weight is 320 g/mol. The van der Waals surface area contributed by atoms with E-state index in [1.54, 1.807) is 54.3 Å². The molecule has 0 saturated carbocycles. The molecule has 0 bridgehead atoms. The third kappa shape index (κ3) is 1.67. The smallest absolute Gasteiger partial charge is 0.258 e. The molecule has 1 spiro atoms. The van der Waals surface area contributed by atoms with Gasteiger partial charge in [0, 0.05) is 23.4 Å². The number of likely N-dealkylation sites (tertiary alicyclic amines) is 1. The first-order chi connectivity index (χ1) is 11.6. The molecule has 0 radical (unpaired) electrons. The molecule has 0 atom stereocenters. The number of imide groups is 1. The number of likely N-dealkylation sites (N-methyl/N-ethyl adjacent to an activating group) is 1. The predicted molar refractivity (Wildman–Crippen MR) is 88.6 cm³/mol. The van der Waals surface area contributed by atoms with Crippen molar-refractivity contribution in [1.29, 1.82) is 0 Å². The van der Waals surface area contributed by atoms with E-state index in [0.717, 1.165) is 0 Å². The molecule has 0 N–H and O–H groups in total. The lowest BCUT2D eigenvalue weighted by Gasteiger charge is -2.43. The van der Waals surface area contributed by atoms with Gasteiger partial charge in [0.15, 0.2) is 5.41 Å². The van der Waals surface area contributed by atoms with Gasteiger partial charge in [-0.1, -0.05) is 36.4 Å². The van der Waals surface area contributed by atoms with Crippen LogP contribution in [0.5, 0.6) is 0 Å². The standard InChI is InChI=1S/C19H16N2O3/c1-2-20-17(23)19(18(20)24)12-21(15-11-7-6-10-14(15)19)16(22)13-8-4-3-5-9-13/h3-11H,2,12H2,1H3. The van der Waals surface area contributed by atoms with Crippen molar-refractivity contribution in [1.82, 2.24) is 4.90 Å². The lowest BCUT2D eigenvalue weighted by Crippen LogP contribution is -2.70. The van der Waals surface area contributed by atoms with Crippen molar-refractivity contribution in [2.24, 2.45) is 0 Å². The Morgan fingerprint density at radius 3 is 2.29 bits per heavy atom. The Bertz CT molecular complexity index is 844. The van der Waals surface area contributed by atoms with E-state index >= 15 is 0 Å². The Morgan fingerprint density at radius 2 is 1.62 bits per heavy atom. The van der Waals surface area contributed by atoms with Crippen molar-refractivity contribution < 1.29 is 14.4 Å². The highest BCUT2D eigenvalue weighted by atomic mass is 16.2. The zero-order valence-corrected chi connectivity index (χ0v) is 13.2. The van der Waals surface area contributed by atoms with Crippen molar-refractivity contribution in [2.75, 3.05) is 18.0 Å². The van der Waals surface area contributed by atoms with Crippen LogP contribution in [0.3, 0.4) is 0 Å². The minimum absolute atomic E-state index is 0.0776. The van der Waals surface area contributed by atoms with Gasteiger partial charge in [-0.25, -0.2) is 0 Å². The van der Waals surface area contributed by atoms with Gasteiger partial charge in [0.25, 0.3) is 17.7 Å². The largest absolute Gasteiger partial charge is 0.306 e. The number of carbonyl (C=O) groups excluding carboxylic acids is 3. The number of para-hydroxylation sites is 1. The van der Waals surface area contributed by atoms with Crippen LogP contribution in [-0.2, 0) is 15.0 Å². The fourth-order valence-corrected chi connectivity index (χ4v) is 3.64. The van der Waals surface area contributed by atoms with Crippen LogP contribution in [-0.4, -0.2) is 35.7 Å². The number of β-lactam (4-membered cyclic amide) rings is 2. The molecule has 0 aromatic heterocycles. The molecular formula is C19H16N2O3. The van der Waals surface area contributed by atoms with E-state index in [1.807, 2.05) is 12.1 Å². The summed E-state index contributed by atoms with van der Waals surface area (Å²) in [7, 11) is 0. The van der Waals surface area contributed by atoms with Crippen molar-refractivity contribution in [3.05, 3.63) is 65.7 Å². The summed E-state index contributed by atoms with van der Waals surface area (Å²) in [5, 5.41) is 0. The fraction of sp³-hybridized carbons (Fsp3) is 0.211. The van der Waals surface area contributed by atoms with Crippen LogP contribution in [0.1, 0.15) is 22.8 Å². The van der Waals surface area contributed by atoms with Gasteiger partial charge in [-0.15, -0.1) is 0 Å². The van der Waals surface area contributed by atoms with Crippen LogP contribution in [0.4, 0.5) is 5.69 Å². The van der Waals surface area contributed by atoms with Crippen LogP contribution >= 0.6 is 0 Å². The van der Waals surface area contributed by atoms with E-state index in [2.05, 4.69) is 0 Å². The molecule has 120 valence electrons. The fourth-order valence-electron chi connectivity index (χ4n) is 3.64. The molecule has 3 amide bonds. The van der Waals surface area contributed by atoms with Gasteiger partial charge in [-0.3, -0.25) is 19.3 Å². The Hall–Kier alpha value is -2.95. The van der Waals surface area contributed by atoms with Gasteiger partial charge < -0.3 is 4.90 Å². The first-order valence-electron chi connectivity index (χ1n) is 7.94. The summed E-state index contributed by atoms with van der Waals surface area (Å²) in [5.41, 5.74) is 0.588. The first-order valence-corrected chi connectivity index (χ1v) is 7.94. The maximum Gasteiger partial charge on any atom is 0.258 e. The first kappa shape index (κ1) is 14.6. The van der Waals surface area contributed by atoms with Crippen molar-refractivity contribution >= 4 is 23.4 Å². The minimum Gasteiger partial charge on any atom is -0.306 e. The number of amides is 3. The molecule has 1 saturated heterocycles. The number of hydrogen-bond acceptors (Lipinski definition) is 3. The summed E-state index contributed by atoms with van der Waals surface area (Å²) >= 11 is 0. The third-order valence-corrected chi connectivity index (χ3v) is 4.85. The number of nitrogens with zero attached hydrogens (tertiary/aromatic N) is 2. The molecule has 2 aromatic carbocycles. The number of fused-ring (bicyclic) bond motifs is 2. The topological polar surface area (TPSA) is 57.7 Å². The SMILES string of the molecule is CCN1C(=O)C2(CN(C(=O)c3ccccc3)c3ccccc32)C1=O. The highest BCUT2D eigenvalue weighted by Gasteiger charge is 2.66. The predicted octanol–water partition coefficient (Wildman–Crippen LogP) is 1.97. The molecule has 1 fully saturated rings. The maximum absolute atomic E-state index is 12.9. The Labute approximate surface area is 139 Å². The van der Waals surface area contributed by atoms with Crippen LogP contribution in [0.15, 0.2) is 54.6 Å². The van der Waals surface area contributed by atoms with Gasteiger partial charge in [-0.05, 0) is 25.1 Å². The molecule has 0 unspecified atom stereocenters. The summed E-state index contributed by atoms with van der Waals surface area (Å²) < 4.78 is 0. The highest BCUT2D eigenvalue weighted by molar-refractivity contribution is 6.29. The Morgan fingerprint density at radius 1 is 1.00 bits per heavy atom. The zero-order chi connectivity index (χ0) is 16.9. The molecule has 24 heavy (non-hydrogen) atoms. The van der Waals surface area contributed by atoms with E-state index in [-0.39, 0.29) is 24.3 Å². The lowest BCUT2D eigenvalue weighted by atomic mass is 9.73. The van der Waals surface area contributed by atoms with E-state index < -0.39 is 5.41 Å². The number of benzene rings is 2. The third-order valence-electron chi connectivity index (χ3n) is 4.85. The highest BCUT2D eigenvalue weighted by Crippen LogP contribution is 2.48. The normalized spacial score (nSPS) is 17.9. The molecule has 2 aliphatic heterocycles. The van der Waals surface area contributed by atoms with Crippen molar-refractivity contribution in [3.8, 4) is 0 Å². The minimum atomic E-state index is -1.23. The summed E-state index contributed by atoms with van der Waals surface area (Å²) in [6.07, 6.45) is 0. The van der Waals surface area contributed by atoms with Gasteiger partial charge in [0.1, 0.15) is 0 Å².